The molecule has 0 radical (unpaired) electrons. The monoisotopic (exact) mass is 596 g/mol. The number of hydrogen-bond donors (Lipinski definition) is 2. The smallest absolute Gasteiger partial charge is 0.251 e. The number of benzene rings is 3. The Labute approximate surface area is 244 Å². The van der Waals surface area contributed by atoms with Crippen molar-refractivity contribution < 1.29 is 27.4 Å². The summed E-state index contributed by atoms with van der Waals surface area (Å²) in [6.07, 6.45) is -0.410. The SMILES string of the molecule is COc1cccc(S(=O)(=O)N(Cc2cccs2)C[C@@H](O)[C@H](CCc2ccccc2)NC(=O)c2cccc(F)c2C)c1. The number of aliphatic hydroxyl groups is 1. The number of hydrogen-bond acceptors (Lipinski definition) is 6. The van der Waals surface area contributed by atoms with Crippen LogP contribution in [-0.2, 0) is 23.0 Å². The summed E-state index contributed by atoms with van der Waals surface area (Å²) < 4.78 is 48.3. The van der Waals surface area contributed by atoms with Gasteiger partial charge in [0.25, 0.3) is 5.91 Å². The number of aliphatic hydroxyl groups excluding tert-OH is 1. The largest absolute Gasteiger partial charge is 0.497 e. The Kier molecular flexibility index (Phi) is 10.3. The molecule has 41 heavy (non-hydrogen) atoms. The van der Waals surface area contributed by atoms with E-state index in [9.17, 15) is 22.7 Å². The summed E-state index contributed by atoms with van der Waals surface area (Å²) >= 11 is 1.41. The summed E-state index contributed by atoms with van der Waals surface area (Å²) in [5.41, 5.74) is 1.35. The fraction of sp³-hybridized carbons (Fsp3) is 0.258. The van der Waals surface area contributed by atoms with Gasteiger partial charge in [-0.2, -0.15) is 4.31 Å². The molecule has 4 rings (SSSR count). The number of methoxy groups -OCH3 is 1. The molecule has 3 aromatic carbocycles. The number of nitrogens with one attached hydrogen (secondary N) is 1. The predicted octanol–water partition coefficient (Wildman–Crippen LogP) is 5.19. The minimum absolute atomic E-state index is 0.0286. The van der Waals surface area contributed by atoms with Crippen molar-refractivity contribution in [3.63, 3.8) is 0 Å². The van der Waals surface area contributed by atoms with Crippen LogP contribution in [0.1, 0.15) is 32.8 Å². The first-order valence-corrected chi connectivity index (χ1v) is 15.5. The van der Waals surface area contributed by atoms with Gasteiger partial charge in [-0.1, -0.05) is 48.5 Å². The van der Waals surface area contributed by atoms with Crippen LogP contribution < -0.4 is 10.1 Å². The second-order valence-corrected chi connectivity index (χ2v) is 12.6. The minimum atomic E-state index is -4.06. The average molecular weight is 597 g/mol. The van der Waals surface area contributed by atoms with Gasteiger partial charge in [-0.25, -0.2) is 12.8 Å². The zero-order chi connectivity index (χ0) is 29.4. The molecule has 0 fully saturated rings. The molecule has 2 atom stereocenters. The van der Waals surface area contributed by atoms with E-state index in [0.29, 0.717) is 18.6 Å². The fourth-order valence-corrected chi connectivity index (χ4v) is 6.77. The van der Waals surface area contributed by atoms with Crippen molar-refractivity contribution in [3.8, 4) is 5.75 Å². The van der Waals surface area contributed by atoms with E-state index >= 15 is 0 Å². The van der Waals surface area contributed by atoms with Gasteiger partial charge in [-0.05, 0) is 66.6 Å². The lowest BCUT2D eigenvalue weighted by atomic mass is 9.99. The zero-order valence-corrected chi connectivity index (χ0v) is 24.5. The molecule has 0 aliphatic rings. The number of aryl methyl sites for hydroxylation is 1. The van der Waals surface area contributed by atoms with Crippen molar-refractivity contribution in [2.24, 2.45) is 0 Å². The number of halogens is 1. The van der Waals surface area contributed by atoms with Crippen LogP contribution in [0.25, 0.3) is 0 Å². The van der Waals surface area contributed by atoms with Crippen LogP contribution >= 0.6 is 11.3 Å². The van der Waals surface area contributed by atoms with E-state index < -0.39 is 33.9 Å². The summed E-state index contributed by atoms with van der Waals surface area (Å²) in [6.45, 7) is 1.28. The van der Waals surface area contributed by atoms with Gasteiger partial charge in [0.2, 0.25) is 10.0 Å². The molecule has 0 saturated carbocycles. The Morgan fingerprint density at radius 1 is 1.05 bits per heavy atom. The van der Waals surface area contributed by atoms with Crippen LogP contribution in [-0.4, -0.2) is 49.5 Å². The number of sulfonamides is 1. The highest BCUT2D eigenvalue weighted by molar-refractivity contribution is 7.89. The van der Waals surface area contributed by atoms with Gasteiger partial charge in [-0.3, -0.25) is 4.79 Å². The maximum atomic E-state index is 14.2. The van der Waals surface area contributed by atoms with Gasteiger partial charge in [0.15, 0.2) is 0 Å². The van der Waals surface area contributed by atoms with Gasteiger partial charge < -0.3 is 15.2 Å². The summed E-state index contributed by atoms with van der Waals surface area (Å²) in [7, 11) is -2.60. The minimum Gasteiger partial charge on any atom is -0.497 e. The van der Waals surface area contributed by atoms with E-state index in [2.05, 4.69) is 5.32 Å². The van der Waals surface area contributed by atoms with Crippen molar-refractivity contribution in [1.29, 1.82) is 0 Å². The molecule has 0 saturated heterocycles. The Hall–Kier alpha value is -3.57. The van der Waals surface area contributed by atoms with Crippen molar-refractivity contribution in [2.45, 2.75) is 43.4 Å². The number of ether oxygens (including phenoxy) is 1. The van der Waals surface area contributed by atoms with Gasteiger partial charge in [0.05, 0.1) is 24.2 Å². The first kappa shape index (κ1) is 30.4. The molecule has 216 valence electrons. The second-order valence-electron chi connectivity index (χ2n) is 9.64. The topological polar surface area (TPSA) is 95.9 Å². The van der Waals surface area contributed by atoms with E-state index in [0.717, 1.165) is 10.4 Å². The lowest BCUT2D eigenvalue weighted by molar-refractivity contribution is 0.0763. The Bertz CT molecular complexity index is 1550. The standard InChI is InChI=1S/C31H33FN2O5S2/c1-22-27(14-7-15-28(22)32)31(36)33-29(17-16-23-9-4-3-5-10-23)30(35)21-34(20-25-12-8-18-40-25)41(37,38)26-13-6-11-24(19-26)39-2/h3-15,18-19,29-30,35H,16-17,20-21H2,1-2H3,(H,33,36)/t29-,30+/m0/s1. The molecule has 1 heterocycles. The van der Waals surface area contributed by atoms with Crippen molar-refractivity contribution in [2.75, 3.05) is 13.7 Å². The van der Waals surface area contributed by atoms with E-state index in [1.54, 1.807) is 12.1 Å². The molecule has 1 amide bonds. The Balaban J connectivity index is 1.63. The molecular weight excluding hydrogens is 563 g/mol. The molecule has 0 aliphatic heterocycles. The van der Waals surface area contributed by atoms with Gasteiger partial charge in [-0.15, -0.1) is 11.3 Å². The lowest BCUT2D eigenvalue weighted by Crippen LogP contribution is -2.49. The number of amides is 1. The van der Waals surface area contributed by atoms with Gasteiger partial charge >= 0.3 is 0 Å². The molecule has 0 aliphatic carbocycles. The van der Waals surface area contributed by atoms with E-state index in [4.69, 9.17) is 4.74 Å². The summed E-state index contributed by atoms with van der Waals surface area (Å²) in [5, 5.41) is 16.2. The molecule has 0 bridgehead atoms. The number of carbonyl (C=O) groups excluding carboxylic acids is 1. The maximum Gasteiger partial charge on any atom is 0.251 e. The molecule has 0 unspecified atom stereocenters. The summed E-state index contributed by atoms with van der Waals surface area (Å²) in [4.78, 5) is 14.1. The molecular formula is C31H33FN2O5S2. The molecule has 1 aromatic heterocycles. The summed E-state index contributed by atoms with van der Waals surface area (Å²) in [5.74, 6) is -0.661. The third-order valence-electron chi connectivity index (χ3n) is 6.86. The van der Waals surface area contributed by atoms with E-state index in [-0.39, 0.29) is 29.1 Å². The highest BCUT2D eigenvalue weighted by Crippen LogP contribution is 2.25. The van der Waals surface area contributed by atoms with Crippen LogP contribution in [0.2, 0.25) is 0 Å². The van der Waals surface area contributed by atoms with Crippen molar-refractivity contribution >= 4 is 27.3 Å². The third-order valence-corrected chi connectivity index (χ3v) is 9.53. The van der Waals surface area contributed by atoms with E-state index in [1.807, 2.05) is 47.8 Å². The molecule has 4 aromatic rings. The lowest BCUT2D eigenvalue weighted by Gasteiger charge is -2.30. The molecule has 7 nitrogen and oxygen atoms in total. The molecule has 2 N–H and O–H groups in total. The van der Waals surface area contributed by atoms with Crippen LogP contribution in [0.4, 0.5) is 4.39 Å². The maximum absolute atomic E-state index is 14.2. The molecule has 10 heteroatoms. The second kappa shape index (κ2) is 13.9. The van der Waals surface area contributed by atoms with Crippen molar-refractivity contribution in [3.05, 3.63) is 118 Å². The number of nitrogens with zero attached hydrogens (tertiary/aromatic N) is 1. The highest BCUT2D eigenvalue weighted by Gasteiger charge is 2.31. The number of carbonyl (C=O) groups is 1. The third kappa shape index (κ3) is 7.80. The normalized spacial score (nSPS) is 13.1. The number of thiophene rings is 1. The predicted molar refractivity (Wildman–Crippen MR) is 158 cm³/mol. The fourth-order valence-electron chi connectivity index (χ4n) is 4.50. The quantitative estimate of drug-likeness (QED) is 0.222. The molecule has 0 spiro atoms. The van der Waals surface area contributed by atoms with Crippen molar-refractivity contribution in [1.82, 2.24) is 9.62 Å². The average Bonchev–Trinajstić information content (AvgIpc) is 3.50. The van der Waals surface area contributed by atoms with Crippen LogP contribution in [0.15, 0.2) is 95.2 Å². The Morgan fingerprint density at radius 3 is 2.51 bits per heavy atom. The highest BCUT2D eigenvalue weighted by atomic mass is 32.2. The van der Waals surface area contributed by atoms with Gasteiger partial charge in [0, 0.05) is 29.6 Å². The van der Waals surface area contributed by atoms with Gasteiger partial charge in [0.1, 0.15) is 11.6 Å². The number of rotatable bonds is 13. The summed E-state index contributed by atoms with van der Waals surface area (Å²) in [6, 6.07) is 22.8. The van der Waals surface area contributed by atoms with E-state index in [1.165, 1.54) is 60.0 Å². The first-order chi connectivity index (χ1) is 19.7. The van der Waals surface area contributed by atoms with Crippen LogP contribution in [0.3, 0.4) is 0 Å². The first-order valence-electron chi connectivity index (χ1n) is 13.1. The Morgan fingerprint density at radius 2 is 1.80 bits per heavy atom. The van der Waals surface area contributed by atoms with Crippen LogP contribution in [0, 0.1) is 12.7 Å². The van der Waals surface area contributed by atoms with Crippen LogP contribution in [0.5, 0.6) is 5.75 Å². The zero-order valence-electron chi connectivity index (χ0n) is 22.9.